The third-order valence-electron chi connectivity index (χ3n) is 5.13. The first-order valence-corrected chi connectivity index (χ1v) is 9.44. The molecule has 2 aromatic heterocycles. The molecule has 26 heavy (non-hydrogen) atoms. The Hall–Kier alpha value is -2.22. The minimum atomic E-state index is -0.149. The molecule has 2 aromatic rings. The quantitative estimate of drug-likeness (QED) is 0.766. The van der Waals surface area contributed by atoms with Gasteiger partial charge in [-0.3, -0.25) is 9.59 Å². The fraction of sp³-hybridized carbons (Fsp3) is 0.667. The Kier molecular flexibility index (Phi) is 5.70. The number of nitrogens with one attached hydrogen (secondary N) is 2. The van der Waals surface area contributed by atoms with Crippen LogP contribution in [0, 0.1) is 5.92 Å². The predicted molar refractivity (Wildman–Crippen MR) is 99.2 cm³/mol. The molecule has 1 amide bonds. The zero-order valence-corrected chi connectivity index (χ0v) is 15.8. The SMILES string of the molecule is CCCN(CCCc1ncc2c(=O)[nH]c(C3CNCC3C)nn12)C(C)=O. The van der Waals surface area contributed by atoms with Gasteiger partial charge in [-0.05, 0) is 25.3 Å². The Morgan fingerprint density at radius 3 is 2.85 bits per heavy atom. The van der Waals surface area contributed by atoms with Crippen molar-refractivity contribution >= 4 is 11.4 Å². The van der Waals surface area contributed by atoms with E-state index < -0.39 is 0 Å². The first-order chi connectivity index (χ1) is 12.5. The maximum Gasteiger partial charge on any atom is 0.276 e. The first kappa shape index (κ1) is 18.6. The van der Waals surface area contributed by atoms with E-state index in [0.29, 0.717) is 24.4 Å². The van der Waals surface area contributed by atoms with Crippen molar-refractivity contribution in [2.45, 2.75) is 46.0 Å². The summed E-state index contributed by atoms with van der Waals surface area (Å²) in [4.78, 5) is 33.2. The van der Waals surface area contributed by atoms with Crippen LogP contribution in [0.2, 0.25) is 0 Å². The lowest BCUT2D eigenvalue weighted by molar-refractivity contribution is -0.128. The highest BCUT2D eigenvalue weighted by atomic mass is 16.2. The summed E-state index contributed by atoms with van der Waals surface area (Å²) in [5.41, 5.74) is 0.323. The largest absolute Gasteiger partial charge is 0.343 e. The number of H-pyrrole nitrogens is 1. The van der Waals surface area contributed by atoms with E-state index in [1.54, 1.807) is 17.6 Å². The average Bonchev–Trinajstić information content (AvgIpc) is 3.20. The van der Waals surface area contributed by atoms with E-state index in [1.165, 1.54) is 0 Å². The van der Waals surface area contributed by atoms with Crippen LogP contribution >= 0.6 is 0 Å². The minimum absolute atomic E-state index is 0.0967. The van der Waals surface area contributed by atoms with Crippen molar-refractivity contribution in [2.75, 3.05) is 26.2 Å². The second-order valence-electron chi connectivity index (χ2n) is 7.16. The van der Waals surface area contributed by atoms with Gasteiger partial charge in [0.05, 0.1) is 6.20 Å². The highest BCUT2D eigenvalue weighted by molar-refractivity contribution is 5.73. The first-order valence-electron chi connectivity index (χ1n) is 9.44. The Bertz CT molecular complexity index is 827. The molecule has 1 aliphatic rings. The molecule has 3 heterocycles. The number of hydrogen-bond acceptors (Lipinski definition) is 5. The number of rotatable bonds is 7. The standard InChI is InChI=1S/C18H28N6O2/c1-4-7-23(13(3)25)8-5-6-16-20-11-15-18(26)21-17(22-24(15)16)14-10-19-9-12(14)2/h11-12,14,19H,4-10H2,1-3H3,(H,21,22,26). The Balaban J connectivity index is 1.77. The normalized spacial score (nSPS) is 20.0. The molecule has 3 rings (SSSR count). The number of aryl methyl sites for hydroxylation is 1. The molecular formula is C18H28N6O2. The van der Waals surface area contributed by atoms with Crippen molar-refractivity contribution in [1.29, 1.82) is 0 Å². The molecule has 2 N–H and O–H groups in total. The molecule has 2 atom stereocenters. The van der Waals surface area contributed by atoms with E-state index in [4.69, 9.17) is 0 Å². The van der Waals surface area contributed by atoms with Gasteiger partial charge < -0.3 is 15.2 Å². The summed E-state index contributed by atoms with van der Waals surface area (Å²) >= 11 is 0. The molecule has 1 fully saturated rings. The van der Waals surface area contributed by atoms with Crippen LogP contribution in [0.4, 0.5) is 0 Å². The molecular weight excluding hydrogens is 332 g/mol. The number of imidazole rings is 1. The summed E-state index contributed by atoms with van der Waals surface area (Å²) in [5, 5.41) is 8.02. The topological polar surface area (TPSA) is 95.4 Å². The Morgan fingerprint density at radius 2 is 2.19 bits per heavy atom. The molecule has 8 heteroatoms. The number of nitrogens with zero attached hydrogens (tertiary/aromatic N) is 4. The van der Waals surface area contributed by atoms with Crippen LogP contribution in [0.15, 0.2) is 11.0 Å². The summed E-state index contributed by atoms with van der Waals surface area (Å²) in [5.74, 6) is 2.22. The highest BCUT2D eigenvalue weighted by Gasteiger charge is 2.27. The van der Waals surface area contributed by atoms with Crippen LogP contribution in [0.1, 0.15) is 51.2 Å². The number of amides is 1. The van der Waals surface area contributed by atoms with Gasteiger partial charge in [0.25, 0.3) is 5.56 Å². The number of carbonyl (C=O) groups is 1. The molecule has 0 saturated carbocycles. The van der Waals surface area contributed by atoms with Crippen LogP contribution in [-0.2, 0) is 11.2 Å². The molecule has 1 aliphatic heterocycles. The minimum Gasteiger partial charge on any atom is -0.343 e. The molecule has 142 valence electrons. The molecule has 0 radical (unpaired) electrons. The molecule has 0 aliphatic carbocycles. The predicted octanol–water partition coefficient (Wildman–Crippen LogP) is 0.932. The van der Waals surface area contributed by atoms with Gasteiger partial charge in [0.1, 0.15) is 11.6 Å². The van der Waals surface area contributed by atoms with Crippen LogP contribution < -0.4 is 10.9 Å². The monoisotopic (exact) mass is 360 g/mol. The van der Waals surface area contributed by atoms with E-state index in [9.17, 15) is 9.59 Å². The lowest BCUT2D eigenvalue weighted by atomic mass is 9.98. The Morgan fingerprint density at radius 1 is 1.38 bits per heavy atom. The maximum atomic E-state index is 12.4. The van der Waals surface area contributed by atoms with E-state index in [-0.39, 0.29) is 17.4 Å². The second-order valence-corrected chi connectivity index (χ2v) is 7.16. The molecule has 0 aromatic carbocycles. The van der Waals surface area contributed by atoms with E-state index in [2.05, 4.69) is 34.2 Å². The molecule has 2 unspecified atom stereocenters. The van der Waals surface area contributed by atoms with Crippen molar-refractivity contribution in [3.63, 3.8) is 0 Å². The third-order valence-corrected chi connectivity index (χ3v) is 5.13. The van der Waals surface area contributed by atoms with Gasteiger partial charge in [-0.2, -0.15) is 5.10 Å². The lowest BCUT2D eigenvalue weighted by Crippen LogP contribution is -2.30. The number of aromatic nitrogens is 4. The second kappa shape index (κ2) is 7.99. The van der Waals surface area contributed by atoms with Gasteiger partial charge in [-0.1, -0.05) is 13.8 Å². The van der Waals surface area contributed by atoms with Crippen molar-refractivity contribution < 1.29 is 4.79 Å². The van der Waals surface area contributed by atoms with Crippen molar-refractivity contribution in [1.82, 2.24) is 29.8 Å². The van der Waals surface area contributed by atoms with E-state index in [0.717, 1.165) is 44.1 Å². The lowest BCUT2D eigenvalue weighted by Gasteiger charge is -2.19. The average molecular weight is 360 g/mol. The highest BCUT2D eigenvalue weighted by Crippen LogP contribution is 2.24. The van der Waals surface area contributed by atoms with Crippen molar-refractivity contribution in [3.8, 4) is 0 Å². The van der Waals surface area contributed by atoms with Crippen LogP contribution in [0.5, 0.6) is 0 Å². The van der Waals surface area contributed by atoms with Gasteiger partial charge in [0, 0.05) is 38.9 Å². The third kappa shape index (κ3) is 3.80. The summed E-state index contributed by atoms with van der Waals surface area (Å²) in [6, 6.07) is 0. The number of fused-ring (bicyclic) bond motifs is 1. The van der Waals surface area contributed by atoms with Crippen molar-refractivity contribution in [2.24, 2.45) is 5.92 Å². The van der Waals surface area contributed by atoms with Gasteiger partial charge in [0.15, 0.2) is 5.52 Å². The summed E-state index contributed by atoms with van der Waals surface area (Å²) in [6.07, 6.45) is 4.00. The van der Waals surface area contributed by atoms with E-state index in [1.807, 2.05) is 4.90 Å². The number of hydrogen-bond donors (Lipinski definition) is 2. The maximum absolute atomic E-state index is 12.4. The summed E-state index contributed by atoms with van der Waals surface area (Å²) in [7, 11) is 0. The Labute approximate surface area is 153 Å². The molecule has 0 bridgehead atoms. The zero-order chi connectivity index (χ0) is 18.7. The molecule has 0 spiro atoms. The van der Waals surface area contributed by atoms with Gasteiger partial charge in [0.2, 0.25) is 5.91 Å². The van der Waals surface area contributed by atoms with Crippen LogP contribution in [-0.4, -0.2) is 56.6 Å². The van der Waals surface area contributed by atoms with Crippen LogP contribution in [0.3, 0.4) is 0 Å². The fourth-order valence-corrected chi connectivity index (χ4v) is 3.60. The van der Waals surface area contributed by atoms with Crippen molar-refractivity contribution in [3.05, 3.63) is 28.2 Å². The smallest absolute Gasteiger partial charge is 0.276 e. The van der Waals surface area contributed by atoms with Gasteiger partial charge >= 0.3 is 0 Å². The molecule has 1 saturated heterocycles. The summed E-state index contributed by atoms with van der Waals surface area (Å²) in [6.45, 7) is 9.04. The van der Waals surface area contributed by atoms with Gasteiger partial charge in [-0.15, -0.1) is 0 Å². The van der Waals surface area contributed by atoms with E-state index >= 15 is 0 Å². The number of carbonyl (C=O) groups excluding carboxylic acids is 1. The van der Waals surface area contributed by atoms with Gasteiger partial charge in [-0.25, -0.2) is 9.50 Å². The van der Waals surface area contributed by atoms with Crippen LogP contribution in [0.25, 0.3) is 5.52 Å². The zero-order valence-electron chi connectivity index (χ0n) is 15.8. The summed E-state index contributed by atoms with van der Waals surface area (Å²) < 4.78 is 1.68. The number of aromatic amines is 1. The molecule has 8 nitrogen and oxygen atoms in total. The fourth-order valence-electron chi connectivity index (χ4n) is 3.60.